The van der Waals surface area contributed by atoms with Gasteiger partial charge in [0.25, 0.3) is 0 Å². The average Bonchev–Trinajstić information content (AvgIpc) is 2.57. The number of carboxylic acids is 1. The third-order valence-electron chi connectivity index (χ3n) is 2.81. The molecule has 0 amide bonds. The number of aliphatic carboxylic acids is 1. The summed E-state index contributed by atoms with van der Waals surface area (Å²) in [6.07, 6.45) is 0. The van der Waals surface area contributed by atoms with Crippen molar-refractivity contribution in [1.29, 1.82) is 0 Å². The second-order valence-electron chi connectivity index (χ2n) is 4.14. The second kappa shape index (κ2) is 4.08. The Balaban J connectivity index is 2.46. The molecule has 1 aromatic carbocycles. The molecule has 0 fully saturated rings. The van der Waals surface area contributed by atoms with Crippen LogP contribution in [0, 0.1) is 6.92 Å². The molecular formula is C12H15N3O2. The first-order chi connectivity index (χ1) is 8.00. The summed E-state index contributed by atoms with van der Waals surface area (Å²) < 4.78 is 1.88. The van der Waals surface area contributed by atoms with Crippen LogP contribution in [0.3, 0.4) is 0 Å². The van der Waals surface area contributed by atoms with E-state index < -0.39 is 12.0 Å². The number of nitrogens with one attached hydrogen (secondary N) is 1. The standard InChI is InChI=1S/C12H15N3O2/c1-7-5-4-6-9-10(7)15(3)12(14-9)13-8(2)11(16)17/h4-6,8H,1-3H3,(H,13,14)(H,16,17). The first kappa shape index (κ1) is 11.4. The maximum atomic E-state index is 10.8. The number of nitrogens with zero attached hydrogens (tertiary/aromatic N) is 2. The lowest BCUT2D eigenvalue weighted by Gasteiger charge is -2.10. The number of hydrogen-bond acceptors (Lipinski definition) is 3. The van der Waals surface area contributed by atoms with E-state index in [-0.39, 0.29) is 0 Å². The van der Waals surface area contributed by atoms with Crippen molar-refractivity contribution >= 4 is 23.0 Å². The van der Waals surface area contributed by atoms with Crippen molar-refractivity contribution in [3.63, 3.8) is 0 Å². The number of anilines is 1. The summed E-state index contributed by atoms with van der Waals surface area (Å²) >= 11 is 0. The van der Waals surface area contributed by atoms with Gasteiger partial charge in [-0.1, -0.05) is 12.1 Å². The van der Waals surface area contributed by atoms with Crippen molar-refractivity contribution in [2.24, 2.45) is 7.05 Å². The number of carboxylic acid groups (broad SMARTS) is 1. The lowest BCUT2D eigenvalue weighted by molar-refractivity contribution is -0.137. The summed E-state index contributed by atoms with van der Waals surface area (Å²) in [5.41, 5.74) is 3.01. The molecule has 0 aliphatic carbocycles. The molecule has 0 radical (unpaired) electrons. The SMILES string of the molecule is Cc1cccc2nc(NC(C)C(=O)O)n(C)c12. The highest BCUT2D eigenvalue weighted by molar-refractivity contribution is 5.83. The van der Waals surface area contributed by atoms with Gasteiger partial charge in [0.15, 0.2) is 0 Å². The van der Waals surface area contributed by atoms with Crippen molar-refractivity contribution in [3.8, 4) is 0 Å². The summed E-state index contributed by atoms with van der Waals surface area (Å²) in [5.74, 6) is -0.321. The van der Waals surface area contributed by atoms with E-state index in [1.165, 1.54) is 0 Å². The number of aryl methyl sites for hydroxylation is 2. The highest BCUT2D eigenvalue weighted by atomic mass is 16.4. The van der Waals surface area contributed by atoms with Gasteiger partial charge in [-0.2, -0.15) is 0 Å². The Kier molecular flexibility index (Phi) is 2.75. The summed E-state index contributed by atoms with van der Waals surface area (Å²) in [4.78, 5) is 15.2. The van der Waals surface area contributed by atoms with Crippen LogP contribution in [0.5, 0.6) is 0 Å². The average molecular weight is 233 g/mol. The quantitative estimate of drug-likeness (QED) is 0.847. The molecule has 0 bridgehead atoms. The van der Waals surface area contributed by atoms with Crippen molar-refractivity contribution in [3.05, 3.63) is 23.8 Å². The van der Waals surface area contributed by atoms with Crippen LogP contribution in [0.4, 0.5) is 5.95 Å². The first-order valence-electron chi connectivity index (χ1n) is 5.42. The fourth-order valence-corrected chi connectivity index (χ4v) is 1.85. The van der Waals surface area contributed by atoms with Gasteiger partial charge in [0.1, 0.15) is 6.04 Å². The molecule has 0 aliphatic rings. The molecule has 0 aliphatic heterocycles. The normalized spacial score (nSPS) is 12.6. The van der Waals surface area contributed by atoms with Crippen LogP contribution in [0.15, 0.2) is 18.2 Å². The minimum absolute atomic E-state index is 0.573. The predicted octanol–water partition coefficient (Wildman–Crippen LogP) is 1.77. The molecule has 90 valence electrons. The fourth-order valence-electron chi connectivity index (χ4n) is 1.85. The number of aromatic nitrogens is 2. The molecular weight excluding hydrogens is 218 g/mol. The number of hydrogen-bond donors (Lipinski definition) is 2. The molecule has 1 heterocycles. The Hall–Kier alpha value is -2.04. The van der Waals surface area contributed by atoms with Gasteiger partial charge in [0, 0.05) is 7.05 Å². The minimum atomic E-state index is -0.895. The van der Waals surface area contributed by atoms with Gasteiger partial charge in [0.05, 0.1) is 11.0 Å². The summed E-state index contributed by atoms with van der Waals surface area (Å²) in [6.45, 7) is 3.60. The third kappa shape index (κ3) is 1.95. The summed E-state index contributed by atoms with van der Waals surface area (Å²) in [6, 6.07) is 5.20. The van der Waals surface area contributed by atoms with E-state index in [9.17, 15) is 4.79 Å². The van der Waals surface area contributed by atoms with Crippen molar-refractivity contribution < 1.29 is 9.90 Å². The topological polar surface area (TPSA) is 67.2 Å². The van der Waals surface area contributed by atoms with E-state index in [4.69, 9.17) is 5.11 Å². The number of fused-ring (bicyclic) bond motifs is 1. The van der Waals surface area contributed by atoms with Gasteiger partial charge in [0.2, 0.25) is 5.95 Å². The minimum Gasteiger partial charge on any atom is -0.480 e. The molecule has 2 rings (SSSR count). The van der Waals surface area contributed by atoms with E-state index in [1.807, 2.05) is 36.7 Å². The van der Waals surface area contributed by atoms with Crippen LogP contribution >= 0.6 is 0 Å². The van der Waals surface area contributed by atoms with Crippen molar-refractivity contribution in [1.82, 2.24) is 9.55 Å². The van der Waals surface area contributed by atoms with Crippen molar-refractivity contribution in [2.75, 3.05) is 5.32 Å². The Bertz CT molecular complexity index is 574. The summed E-state index contributed by atoms with van der Waals surface area (Å²) in [7, 11) is 1.87. The molecule has 1 unspecified atom stereocenters. The van der Waals surface area contributed by atoms with Gasteiger partial charge in [-0.15, -0.1) is 0 Å². The lowest BCUT2D eigenvalue weighted by Crippen LogP contribution is -2.26. The Morgan fingerprint density at radius 3 is 2.82 bits per heavy atom. The van der Waals surface area contributed by atoms with Crippen LogP contribution < -0.4 is 5.32 Å². The van der Waals surface area contributed by atoms with Gasteiger partial charge in [-0.05, 0) is 25.5 Å². The zero-order chi connectivity index (χ0) is 12.6. The monoisotopic (exact) mass is 233 g/mol. The molecule has 2 aromatic rings. The maximum Gasteiger partial charge on any atom is 0.325 e. The number of imidazole rings is 1. The number of benzene rings is 1. The molecule has 2 N–H and O–H groups in total. The zero-order valence-electron chi connectivity index (χ0n) is 10.1. The third-order valence-corrected chi connectivity index (χ3v) is 2.81. The molecule has 5 nitrogen and oxygen atoms in total. The Labute approximate surface area is 99.1 Å². The highest BCUT2D eigenvalue weighted by Gasteiger charge is 2.15. The highest BCUT2D eigenvalue weighted by Crippen LogP contribution is 2.21. The zero-order valence-corrected chi connectivity index (χ0v) is 10.1. The van der Waals surface area contributed by atoms with Crippen LogP contribution in [0.1, 0.15) is 12.5 Å². The van der Waals surface area contributed by atoms with E-state index in [0.29, 0.717) is 5.95 Å². The van der Waals surface area contributed by atoms with Crippen LogP contribution in [-0.2, 0) is 11.8 Å². The molecule has 0 saturated heterocycles. The Morgan fingerprint density at radius 2 is 2.24 bits per heavy atom. The number of rotatable bonds is 3. The van der Waals surface area contributed by atoms with Crippen LogP contribution in [0.25, 0.3) is 11.0 Å². The van der Waals surface area contributed by atoms with Gasteiger partial charge in [-0.3, -0.25) is 4.79 Å². The Morgan fingerprint density at radius 1 is 1.53 bits per heavy atom. The molecule has 0 spiro atoms. The molecule has 0 saturated carbocycles. The fraction of sp³-hybridized carbons (Fsp3) is 0.333. The predicted molar refractivity (Wildman–Crippen MR) is 66.2 cm³/mol. The summed E-state index contributed by atoms with van der Waals surface area (Å²) in [5, 5.41) is 11.7. The van der Waals surface area contributed by atoms with Crippen LogP contribution in [-0.4, -0.2) is 26.7 Å². The van der Waals surface area contributed by atoms with Crippen molar-refractivity contribution in [2.45, 2.75) is 19.9 Å². The van der Waals surface area contributed by atoms with Gasteiger partial charge in [-0.25, -0.2) is 4.98 Å². The first-order valence-corrected chi connectivity index (χ1v) is 5.42. The van der Waals surface area contributed by atoms with E-state index in [1.54, 1.807) is 6.92 Å². The van der Waals surface area contributed by atoms with Gasteiger partial charge >= 0.3 is 5.97 Å². The smallest absolute Gasteiger partial charge is 0.325 e. The molecule has 1 aromatic heterocycles. The molecule has 5 heteroatoms. The molecule has 17 heavy (non-hydrogen) atoms. The molecule has 1 atom stereocenters. The van der Waals surface area contributed by atoms with E-state index in [2.05, 4.69) is 10.3 Å². The second-order valence-corrected chi connectivity index (χ2v) is 4.14. The lowest BCUT2D eigenvalue weighted by atomic mass is 10.2. The van der Waals surface area contributed by atoms with E-state index >= 15 is 0 Å². The largest absolute Gasteiger partial charge is 0.480 e. The number of para-hydroxylation sites is 1. The number of carbonyl (C=O) groups is 1. The van der Waals surface area contributed by atoms with Crippen LogP contribution in [0.2, 0.25) is 0 Å². The van der Waals surface area contributed by atoms with Gasteiger partial charge < -0.3 is 15.0 Å². The maximum absolute atomic E-state index is 10.8. The van der Waals surface area contributed by atoms with E-state index in [0.717, 1.165) is 16.6 Å².